The highest BCUT2D eigenvalue weighted by Crippen LogP contribution is 2.32. The zero-order valence-corrected chi connectivity index (χ0v) is 19.5. The van der Waals surface area contributed by atoms with Crippen LogP contribution in [-0.4, -0.2) is 46.4 Å². The smallest absolute Gasteiger partial charge is 0.243 e. The van der Waals surface area contributed by atoms with E-state index in [1.165, 1.54) is 4.88 Å². The third kappa shape index (κ3) is 4.83. The van der Waals surface area contributed by atoms with Crippen LogP contribution in [0.3, 0.4) is 0 Å². The first-order chi connectivity index (χ1) is 14.1. The van der Waals surface area contributed by atoms with E-state index in [2.05, 4.69) is 28.5 Å². The molecule has 2 amide bonds. The maximum atomic E-state index is 13.0. The van der Waals surface area contributed by atoms with Crippen molar-refractivity contribution >= 4 is 23.2 Å². The SMILES string of the molecule is Cc1ncsc1C1C=CC(C(C)NC(=O)C2CCCN2C(=O)C(N)C(C)(C)C)=CC1. The van der Waals surface area contributed by atoms with E-state index in [9.17, 15) is 9.59 Å². The highest BCUT2D eigenvalue weighted by Gasteiger charge is 2.39. The van der Waals surface area contributed by atoms with Crippen molar-refractivity contribution in [2.75, 3.05) is 6.54 Å². The number of rotatable bonds is 5. The largest absolute Gasteiger partial charge is 0.348 e. The van der Waals surface area contributed by atoms with Crippen molar-refractivity contribution in [3.8, 4) is 0 Å². The van der Waals surface area contributed by atoms with Crippen LogP contribution in [0.1, 0.15) is 63.4 Å². The lowest BCUT2D eigenvalue weighted by Gasteiger charge is -2.33. The monoisotopic (exact) mass is 430 g/mol. The molecule has 30 heavy (non-hydrogen) atoms. The number of allylic oxidation sites excluding steroid dienone is 2. The molecule has 2 heterocycles. The third-order valence-corrected chi connectivity index (χ3v) is 7.21. The number of thiazole rings is 1. The topological polar surface area (TPSA) is 88.3 Å². The average Bonchev–Trinajstić information content (AvgIpc) is 3.35. The van der Waals surface area contributed by atoms with Crippen LogP contribution in [0.4, 0.5) is 0 Å². The van der Waals surface area contributed by atoms with Gasteiger partial charge in [-0.15, -0.1) is 11.3 Å². The molecular formula is C23H34N4O2S. The number of hydrogen-bond donors (Lipinski definition) is 2. The number of carbonyl (C=O) groups excluding carboxylic acids is 2. The molecule has 0 saturated carbocycles. The maximum absolute atomic E-state index is 13.0. The van der Waals surface area contributed by atoms with E-state index in [0.717, 1.165) is 24.1 Å². The Labute approximate surface area is 183 Å². The van der Waals surface area contributed by atoms with Gasteiger partial charge in [0.25, 0.3) is 0 Å². The van der Waals surface area contributed by atoms with Gasteiger partial charge in [0, 0.05) is 17.3 Å². The Kier molecular flexibility index (Phi) is 6.82. The summed E-state index contributed by atoms with van der Waals surface area (Å²) in [6, 6.07) is -1.15. The summed E-state index contributed by atoms with van der Waals surface area (Å²) in [5, 5.41) is 3.11. The molecular weight excluding hydrogens is 396 g/mol. The van der Waals surface area contributed by atoms with Gasteiger partial charge in [0.15, 0.2) is 0 Å². The molecule has 4 unspecified atom stereocenters. The van der Waals surface area contributed by atoms with Crippen molar-refractivity contribution < 1.29 is 9.59 Å². The van der Waals surface area contributed by atoms with Gasteiger partial charge in [-0.3, -0.25) is 9.59 Å². The lowest BCUT2D eigenvalue weighted by Crippen LogP contribution is -2.55. The summed E-state index contributed by atoms with van der Waals surface area (Å²) in [6.45, 7) is 10.5. The van der Waals surface area contributed by atoms with E-state index >= 15 is 0 Å². The number of nitrogens with one attached hydrogen (secondary N) is 1. The lowest BCUT2D eigenvalue weighted by atomic mass is 9.86. The van der Waals surface area contributed by atoms with Crippen LogP contribution >= 0.6 is 11.3 Å². The number of nitrogens with zero attached hydrogens (tertiary/aromatic N) is 2. The van der Waals surface area contributed by atoms with Gasteiger partial charge in [-0.2, -0.15) is 0 Å². The second-order valence-electron chi connectivity index (χ2n) is 9.47. The first kappa shape index (κ1) is 22.7. The molecule has 1 fully saturated rings. The van der Waals surface area contributed by atoms with Crippen molar-refractivity contribution in [1.29, 1.82) is 0 Å². The first-order valence-electron chi connectivity index (χ1n) is 10.7. The predicted octanol–water partition coefficient (Wildman–Crippen LogP) is 3.29. The molecule has 164 valence electrons. The second-order valence-corrected chi connectivity index (χ2v) is 10.4. The molecule has 1 saturated heterocycles. The maximum Gasteiger partial charge on any atom is 0.243 e. The normalized spacial score (nSPS) is 23.8. The number of amides is 2. The molecule has 7 heteroatoms. The number of carbonyl (C=O) groups is 2. The molecule has 4 atom stereocenters. The summed E-state index contributed by atoms with van der Waals surface area (Å²) in [5.41, 5.74) is 9.92. The molecule has 1 aromatic rings. The van der Waals surface area contributed by atoms with Gasteiger partial charge >= 0.3 is 0 Å². The summed E-state index contributed by atoms with van der Waals surface area (Å²) in [6.07, 6.45) is 8.92. The second kappa shape index (κ2) is 9.02. The molecule has 0 radical (unpaired) electrons. The van der Waals surface area contributed by atoms with Crippen LogP contribution in [0.2, 0.25) is 0 Å². The van der Waals surface area contributed by atoms with E-state index in [-0.39, 0.29) is 23.3 Å². The zero-order chi connectivity index (χ0) is 22.1. The fraction of sp³-hybridized carbons (Fsp3) is 0.609. The lowest BCUT2D eigenvalue weighted by molar-refractivity contribution is -0.141. The molecule has 1 aromatic heterocycles. The Morgan fingerprint density at radius 1 is 1.37 bits per heavy atom. The summed E-state index contributed by atoms with van der Waals surface area (Å²) < 4.78 is 0. The molecule has 0 spiro atoms. The van der Waals surface area contributed by atoms with Crippen LogP contribution in [0.5, 0.6) is 0 Å². The number of hydrogen-bond acceptors (Lipinski definition) is 5. The van der Waals surface area contributed by atoms with Gasteiger partial charge in [-0.05, 0) is 44.1 Å². The van der Waals surface area contributed by atoms with Gasteiger partial charge in [-0.1, -0.05) is 39.0 Å². The molecule has 1 aliphatic heterocycles. The fourth-order valence-electron chi connectivity index (χ4n) is 4.06. The van der Waals surface area contributed by atoms with Gasteiger partial charge in [0.05, 0.1) is 23.3 Å². The van der Waals surface area contributed by atoms with Gasteiger partial charge in [0.2, 0.25) is 11.8 Å². The fourth-order valence-corrected chi connectivity index (χ4v) is 4.96. The Morgan fingerprint density at radius 2 is 2.10 bits per heavy atom. The van der Waals surface area contributed by atoms with Crippen LogP contribution in [0, 0.1) is 12.3 Å². The predicted molar refractivity (Wildman–Crippen MR) is 121 cm³/mol. The Hall–Kier alpha value is -1.99. The minimum Gasteiger partial charge on any atom is -0.348 e. The van der Waals surface area contributed by atoms with E-state index in [1.807, 2.05) is 40.1 Å². The summed E-state index contributed by atoms with van der Waals surface area (Å²) >= 11 is 1.69. The highest BCUT2D eigenvalue weighted by molar-refractivity contribution is 7.09. The van der Waals surface area contributed by atoms with Gasteiger partial charge < -0.3 is 16.0 Å². The van der Waals surface area contributed by atoms with E-state index in [1.54, 1.807) is 16.2 Å². The number of aromatic nitrogens is 1. The van der Waals surface area contributed by atoms with Crippen LogP contribution in [0.15, 0.2) is 29.3 Å². The van der Waals surface area contributed by atoms with E-state index < -0.39 is 12.1 Å². The van der Waals surface area contributed by atoms with E-state index in [4.69, 9.17) is 5.73 Å². The van der Waals surface area contributed by atoms with Crippen LogP contribution in [-0.2, 0) is 9.59 Å². The Bertz CT molecular complexity index is 852. The summed E-state index contributed by atoms with van der Waals surface area (Å²) in [4.78, 5) is 33.2. The van der Waals surface area contributed by atoms with E-state index in [0.29, 0.717) is 18.9 Å². The summed E-state index contributed by atoms with van der Waals surface area (Å²) in [7, 11) is 0. The summed E-state index contributed by atoms with van der Waals surface area (Å²) in [5.74, 6) is 0.127. The van der Waals surface area contributed by atoms with Gasteiger partial charge in [-0.25, -0.2) is 4.98 Å². The Morgan fingerprint density at radius 3 is 2.67 bits per heavy atom. The van der Waals surface area contributed by atoms with Crippen molar-refractivity contribution in [2.24, 2.45) is 11.1 Å². The standard InChI is InChI=1S/C23H34N4O2S/c1-14(16-8-10-17(11-9-16)19-15(2)25-13-30-19)26-21(28)18-7-6-12-27(18)22(29)20(24)23(3,4)5/h8-10,13-14,17-18,20H,6-7,11-12,24H2,1-5H3,(H,26,28). The number of aryl methyl sites for hydroxylation is 1. The van der Waals surface area contributed by atoms with Crippen LogP contribution < -0.4 is 11.1 Å². The molecule has 0 bridgehead atoms. The van der Waals surface area contributed by atoms with Crippen molar-refractivity contribution in [3.63, 3.8) is 0 Å². The van der Waals surface area contributed by atoms with Gasteiger partial charge in [0.1, 0.15) is 6.04 Å². The molecule has 3 N–H and O–H groups in total. The number of nitrogens with two attached hydrogens (primary N) is 1. The average molecular weight is 431 g/mol. The quantitative estimate of drug-likeness (QED) is 0.750. The Balaban J connectivity index is 1.60. The molecule has 2 aliphatic rings. The van der Waals surface area contributed by atoms with Crippen molar-refractivity contribution in [1.82, 2.24) is 15.2 Å². The minimum atomic E-state index is -0.612. The van der Waals surface area contributed by atoms with Crippen LogP contribution in [0.25, 0.3) is 0 Å². The molecule has 0 aromatic carbocycles. The molecule has 1 aliphatic carbocycles. The van der Waals surface area contributed by atoms with Crippen molar-refractivity contribution in [2.45, 2.75) is 77.9 Å². The minimum absolute atomic E-state index is 0.0933. The zero-order valence-electron chi connectivity index (χ0n) is 18.6. The third-order valence-electron chi connectivity index (χ3n) is 6.14. The van der Waals surface area contributed by atoms with Crippen molar-refractivity contribution in [3.05, 3.63) is 39.9 Å². The molecule has 6 nitrogen and oxygen atoms in total. The first-order valence-corrected chi connectivity index (χ1v) is 11.6. The molecule has 3 rings (SSSR count). The highest BCUT2D eigenvalue weighted by atomic mass is 32.1. The number of likely N-dealkylation sites (tertiary alicyclic amines) is 1.